The summed E-state index contributed by atoms with van der Waals surface area (Å²) in [5, 5.41) is 5.53. The van der Waals surface area contributed by atoms with Crippen LogP contribution in [0.15, 0.2) is 55.5 Å². The summed E-state index contributed by atoms with van der Waals surface area (Å²) in [5.74, 6) is 1.09. The van der Waals surface area contributed by atoms with E-state index in [0.717, 1.165) is 65.5 Å². The van der Waals surface area contributed by atoms with Crippen molar-refractivity contribution < 1.29 is 9.47 Å². The van der Waals surface area contributed by atoms with Gasteiger partial charge in [-0.25, -0.2) is 9.97 Å². The van der Waals surface area contributed by atoms with Gasteiger partial charge in [-0.05, 0) is 79.6 Å². The summed E-state index contributed by atoms with van der Waals surface area (Å²) in [4.78, 5) is 9.43. The average molecular weight is 530 g/mol. The highest BCUT2D eigenvalue weighted by Crippen LogP contribution is 2.38. The molecule has 1 fully saturated rings. The molecule has 2 atom stereocenters. The van der Waals surface area contributed by atoms with Gasteiger partial charge in [0.1, 0.15) is 18.5 Å². The van der Waals surface area contributed by atoms with E-state index in [4.69, 9.17) is 14.5 Å². The van der Waals surface area contributed by atoms with Crippen LogP contribution in [0.1, 0.15) is 43.2 Å². The summed E-state index contributed by atoms with van der Waals surface area (Å²) < 4.78 is 16.6. The summed E-state index contributed by atoms with van der Waals surface area (Å²) in [7, 11) is 0.821. The van der Waals surface area contributed by atoms with E-state index in [1.54, 1.807) is 6.20 Å². The molecule has 0 unspecified atom stereocenters. The molecule has 1 aliphatic rings. The first-order valence-corrected chi connectivity index (χ1v) is 17.2. The molecular formula is C30H39N5O2Si. The molecule has 4 aromatic rings. The van der Waals surface area contributed by atoms with Gasteiger partial charge in [0.25, 0.3) is 0 Å². The van der Waals surface area contributed by atoms with Crippen molar-refractivity contribution >= 4 is 24.7 Å². The summed E-state index contributed by atoms with van der Waals surface area (Å²) in [6.07, 6.45) is 8.82. The summed E-state index contributed by atoms with van der Waals surface area (Å²) in [6, 6.07) is 11.7. The number of allylic oxidation sites excluding steroid dienone is 1. The molecule has 0 aromatic carbocycles. The number of hydrogen-bond acceptors (Lipinski definition) is 5. The summed E-state index contributed by atoms with van der Waals surface area (Å²) in [5.41, 5.74) is 6.29. The van der Waals surface area contributed by atoms with Crippen molar-refractivity contribution in [2.24, 2.45) is 7.05 Å². The highest BCUT2D eigenvalue weighted by Gasteiger charge is 2.29. The van der Waals surface area contributed by atoms with Gasteiger partial charge in [0.15, 0.2) is 0 Å². The molecule has 0 bridgehead atoms. The second-order valence-corrected chi connectivity index (χ2v) is 17.3. The van der Waals surface area contributed by atoms with Crippen LogP contribution in [0.3, 0.4) is 0 Å². The Kier molecular flexibility index (Phi) is 7.54. The van der Waals surface area contributed by atoms with Gasteiger partial charge in [0.2, 0.25) is 5.88 Å². The van der Waals surface area contributed by atoms with Crippen molar-refractivity contribution in [3.8, 4) is 17.3 Å². The fourth-order valence-electron chi connectivity index (χ4n) is 5.21. The van der Waals surface area contributed by atoms with Crippen molar-refractivity contribution in [2.45, 2.75) is 70.6 Å². The number of pyridine rings is 2. The lowest BCUT2D eigenvalue weighted by molar-refractivity contribution is 0.0908. The van der Waals surface area contributed by atoms with Crippen LogP contribution in [-0.2, 0) is 18.5 Å². The van der Waals surface area contributed by atoms with Gasteiger partial charge in [-0.1, -0.05) is 26.2 Å². The Morgan fingerprint density at radius 1 is 1.11 bits per heavy atom. The minimum atomic E-state index is -1.15. The van der Waals surface area contributed by atoms with Crippen LogP contribution in [-0.4, -0.2) is 45.1 Å². The molecule has 0 radical (unpaired) electrons. The molecular weight excluding hydrogens is 490 g/mol. The first-order chi connectivity index (χ1) is 18.2. The zero-order chi connectivity index (χ0) is 26.9. The molecule has 0 aliphatic heterocycles. The van der Waals surface area contributed by atoms with Crippen LogP contribution < -0.4 is 4.74 Å². The molecule has 200 valence electrons. The van der Waals surface area contributed by atoms with Gasteiger partial charge in [-0.15, -0.1) is 0 Å². The van der Waals surface area contributed by atoms with Gasteiger partial charge in [-0.3, -0.25) is 9.25 Å². The number of ether oxygens (including phenoxy) is 2. The lowest BCUT2D eigenvalue weighted by atomic mass is 9.98. The largest absolute Gasteiger partial charge is 0.474 e. The van der Waals surface area contributed by atoms with E-state index < -0.39 is 8.07 Å². The fraction of sp³-hybridized carbons (Fsp3) is 0.433. The van der Waals surface area contributed by atoms with Crippen molar-refractivity contribution in [1.82, 2.24) is 24.3 Å². The maximum Gasteiger partial charge on any atom is 0.221 e. The smallest absolute Gasteiger partial charge is 0.221 e. The van der Waals surface area contributed by atoms with Gasteiger partial charge in [-0.2, -0.15) is 5.10 Å². The molecule has 0 saturated heterocycles. The Bertz CT molecular complexity index is 1430. The number of hydrogen-bond donors (Lipinski definition) is 0. The van der Waals surface area contributed by atoms with Crippen LogP contribution in [0.2, 0.25) is 25.7 Å². The van der Waals surface area contributed by atoms with Crippen molar-refractivity contribution in [3.63, 3.8) is 0 Å². The zero-order valence-corrected chi connectivity index (χ0v) is 24.3. The third-order valence-electron chi connectivity index (χ3n) is 7.42. The SMILES string of the molecule is C=C(C)c1cccnc1O[C@@H]1CC[C@H](c2cnc3c(c2)cc(-c2ccnn2C)n3COCC[Si](C)(C)C)C1. The Balaban J connectivity index is 1.36. The Morgan fingerprint density at radius 3 is 2.68 bits per heavy atom. The van der Waals surface area contributed by atoms with E-state index in [1.807, 2.05) is 49.2 Å². The Morgan fingerprint density at radius 2 is 1.95 bits per heavy atom. The van der Waals surface area contributed by atoms with E-state index >= 15 is 0 Å². The van der Waals surface area contributed by atoms with Gasteiger partial charge < -0.3 is 9.47 Å². The first-order valence-electron chi connectivity index (χ1n) is 13.5. The van der Waals surface area contributed by atoms with Crippen molar-refractivity contribution in [2.75, 3.05) is 6.61 Å². The molecule has 4 aromatic heterocycles. The number of aryl methyl sites for hydroxylation is 1. The number of fused-ring (bicyclic) bond motifs is 1. The number of nitrogens with zero attached hydrogens (tertiary/aromatic N) is 5. The quantitative estimate of drug-likeness (QED) is 0.165. The molecule has 7 nitrogen and oxygen atoms in total. The molecule has 0 amide bonds. The van der Waals surface area contributed by atoms with E-state index in [9.17, 15) is 0 Å². The lowest BCUT2D eigenvalue weighted by Gasteiger charge is -2.17. The number of rotatable bonds is 10. The highest BCUT2D eigenvalue weighted by molar-refractivity contribution is 6.76. The second-order valence-electron chi connectivity index (χ2n) is 11.7. The molecule has 4 heterocycles. The summed E-state index contributed by atoms with van der Waals surface area (Å²) >= 11 is 0. The normalized spacial score (nSPS) is 17.8. The van der Waals surface area contributed by atoms with E-state index in [1.165, 1.54) is 5.56 Å². The van der Waals surface area contributed by atoms with Crippen molar-refractivity contribution in [3.05, 3.63) is 66.6 Å². The molecule has 5 rings (SSSR count). The summed E-state index contributed by atoms with van der Waals surface area (Å²) in [6.45, 7) is 14.4. The Labute approximate surface area is 226 Å². The van der Waals surface area contributed by atoms with Gasteiger partial charge in [0, 0.05) is 51.3 Å². The maximum atomic E-state index is 6.35. The molecule has 38 heavy (non-hydrogen) atoms. The highest BCUT2D eigenvalue weighted by atomic mass is 28.3. The van der Waals surface area contributed by atoms with Crippen LogP contribution >= 0.6 is 0 Å². The average Bonchev–Trinajstić information content (AvgIpc) is 3.59. The van der Waals surface area contributed by atoms with Gasteiger partial charge >= 0.3 is 0 Å². The molecule has 8 heteroatoms. The van der Waals surface area contributed by atoms with Crippen LogP contribution in [0.5, 0.6) is 5.88 Å². The Hall–Kier alpha value is -3.23. The molecule has 0 N–H and O–H groups in total. The molecule has 1 aliphatic carbocycles. The first kappa shape index (κ1) is 26.4. The fourth-order valence-corrected chi connectivity index (χ4v) is 5.96. The standard InChI is InChI=1S/C30H39N5O2Si/c1-21(2)26-8-7-12-31-30(26)37-25-10-9-22(17-25)24-16-23-18-28(27-11-13-33-34(27)3)35(29(23)32-19-24)20-36-14-15-38(4,5)6/h7-8,11-13,16,18-19,22,25H,1,9-10,14-15,17,20H2,2-6H3/t22-,25+/m0/s1. The van der Waals surface area contributed by atoms with Crippen molar-refractivity contribution in [1.29, 1.82) is 0 Å². The van der Waals surface area contributed by atoms with Crippen LogP contribution in [0, 0.1) is 0 Å². The lowest BCUT2D eigenvalue weighted by Crippen LogP contribution is -2.22. The van der Waals surface area contributed by atoms with Crippen LogP contribution in [0.4, 0.5) is 0 Å². The third kappa shape index (κ3) is 5.76. The molecule has 0 spiro atoms. The topological polar surface area (TPSA) is 67.0 Å². The molecule has 1 saturated carbocycles. The van der Waals surface area contributed by atoms with E-state index in [2.05, 4.69) is 53.0 Å². The predicted octanol–water partition coefficient (Wildman–Crippen LogP) is 6.89. The van der Waals surface area contributed by atoms with Gasteiger partial charge in [0.05, 0.1) is 11.4 Å². The zero-order valence-electron chi connectivity index (χ0n) is 23.3. The van der Waals surface area contributed by atoms with Crippen LogP contribution in [0.25, 0.3) is 28.0 Å². The minimum Gasteiger partial charge on any atom is -0.474 e. The number of aromatic nitrogens is 5. The van der Waals surface area contributed by atoms with E-state index in [0.29, 0.717) is 18.5 Å². The minimum absolute atomic E-state index is 0.137. The third-order valence-corrected chi connectivity index (χ3v) is 9.12. The monoisotopic (exact) mass is 529 g/mol. The van der Waals surface area contributed by atoms with E-state index in [-0.39, 0.29) is 6.10 Å². The maximum absolute atomic E-state index is 6.35. The predicted molar refractivity (Wildman–Crippen MR) is 156 cm³/mol. The second kappa shape index (κ2) is 10.9.